The topological polar surface area (TPSA) is 0 Å². The maximum atomic E-state index is 2.87. The van der Waals surface area contributed by atoms with Gasteiger partial charge < -0.3 is 0 Å². The molecule has 0 aliphatic heterocycles. The van der Waals surface area contributed by atoms with Crippen LogP contribution in [0.1, 0.15) is 144 Å². The highest BCUT2D eigenvalue weighted by Gasteiger charge is 2.29. The van der Waals surface area contributed by atoms with Gasteiger partial charge in [0.25, 0.3) is 0 Å². The molecule has 0 amide bonds. The lowest BCUT2D eigenvalue weighted by Gasteiger charge is -2.30. The van der Waals surface area contributed by atoms with Crippen molar-refractivity contribution < 1.29 is 0 Å². The minimum absolute atomic E-state index is 1.31. The molecule has 2 heteroatoms. The molecule has 0 heterocycles. The SMILES string of the molecule is CCCC[Si](/C=C/C1=C(/C=C/[Si](CCCC)(CCCC)CCCC)CCCC1)(CCCC)CCCC. The summed E-state index contributed by atoms with van der Waals surface area (Å²) in [6.45, 7) is 14.3. The molecular formula is C34H66Si2. The molecule has 0 bridgehead atoms. The fourth-order valence-electron chi connectivity index (χ4n) is 6.31. The number of unbranched alkanes of at least 4 members (excludes halogenated alkanes) is 6. The third-order valence-electron chi connectivity index (χ3n) is 9.00. The zero-order valence-electron chi connectivity index (χ0n) is 25.9. The van der Waals surface area contributed by atoms with E-state index in [1.807, 2.05) is 0 Å². The summed E-state index contributed by atoms with van der Waals surface area (Å²) in [5.41, 5.74) is 9.20. The summed E-state index contributed by atoms with van der Waals surface area (Å²) >= 11 is 0. The van der Waals surface area contributed by atoms with E-state index in [1.54, 1.807) is 11.1 Å². The molecule has 0 nitrogen and oxygen atoms in total. The molecule has 0 atom stereocenters. The molecule has 1 aliphatic carbocycles. The van der Waals surface area contributed by atoms with Gasteiger partial charge in [-0.05, 0) is 36.8 Å². The molecule has 0 aromatic heterocycles. The molecule has 0 aromatic carbocycles. The van der Waals surface area contributed by atoms with Crippen LogP contribution in [0.4, 0.5) is 0 Å². The van der Waals surface area contributed by atoms with Gasteiger partial charge in [-0.2, -0.15) is 0 Å². The van der Waals surface area contributed by atoms with E-state index in [1.165, 1.54) is 139 Å². The number of rotatable bonds is 22. The molecule has 0 spiro atoms. The Morgan fingerprint density at radius 3 is 0.917 bits per heavy atom. The van der Waals surface area contributed by atoms with E-state index in [9.17, 15) is 0 Å². The summed E-state index contributed by atoms with van der Waals surface area (Å²) in [7, 11) is -2.63. The van der Waals surface area contributed by atoms with Crippen LogP contribution in [-0.4, -0.2) is 16.1 Å². The van der Waals surface area contributed by atoms with Gasteiger partial charge in [0.05, 0.1) is 16.1 Å². The van der Waals surface area contributed by atoms with Gasteiger partial charge in [-0.25, -0.2) is 0 Å². The first-order chi connectivity index (χ1) is 17.5. The predicted octanol–water partition coefficient (Wildman–Crippen LogP) is 12.7. The van der Waals surface area contributed by atoms with Crippen LogP contribution in [0.3, 0.4) is 0 Å². The Kier molecular flexibility index (Phi) is 19.3. The highest BCUT2D eigenvalue weighted by molar-refractivity contribution is 6.85. The first-order valence-electron chi connectivity index (χ1n) is 16.6. The molecular weight excluding hydrogens is 465 g/mol. The fraction of sp³-hybridized carbons (Fsp3) is 0.824. The van der Waals surface area contributed by atoms with Gasteiger partial charge in [0.15, 0.2) is 0 Å². The third kappa shape index (κ3) is 12.9. The summed E-state index contributed by atoms with van der Waals surface area (Å²) in [5, 5.41) is 0. The quantitative estimate of drug-likeness (QED) is 0.122. The molecule has 0 unspecified atom stereocenters. The van der Waals surface area contributed by atoms with E-state index >= 15 is 0 Å². The summed E-state index contributed by atoms with van der Waals surface area (Å²) in [6.07, 6.45) is 27.7. The Balaban J connectivity index is 3.31. The molecule has 0 aromatic rings. The lowest BCUT2D eigenvalue weighted by atomic mass is 9.92. The van der Waals surface area contributed by atoms with Crippen molar-refractivity contribution in [3.63, 3.8) is 0 Å². The van der Waals surface area contributed by atoms with Crippen LogP contribution in [0.25, 0.3) is 0 Å². The van der Waals surface area contributed by atoms with Crippen LogP contribution < -0.4 is 0 Å². The lowest BCUT2D eigenvalue weighted by molar-refractivity contribution is 0.693. The van der Waals surface area contributed by atoms with Gasteiger partial charge in [0.2, 0.25) is 0 Å². The van der Waals surface area contributed by atoms with Crippen molar-refractivity contribution in [1.82, 2.24) is 0 Å². The first kappa shape index (κ1) is 33.7. The standard InChI is InChI=1S/C34H66Si2/c1-7-13-25-35(26-14-8-2,27-15-9-3)31-23-33-21-19-20-22-34(33)24-32-36(28-16-10-4,29-17-11-5)30-18-12-6/h23-24,31-32H,7-22,25-30H2,1-6H3/b31-23+,32-24+. The highest BCUT2D eigenvalue weighted by Crippen LogP contribution is 2.34. The van der Waals surface area contributed by atoms with Crippen LogP contribution in [0, 0.1) is 0 Å². The van der Waals surface area contributed by atoms with E-state index in [-0.39, 0.29) is 0 Å². The average Bonchev–Trinajstić information content (AvgIpc) is 2.92. The van der Waals surface area contributed by atoms with Crippen LogP contribution in [0.5, 0.6) is 0 Å². The summed E-state index contributed by atoms with van der Waals surface area (Å²) < 4.78 is 0. The van der Waals surface area contributed by atoms with Crippen molar-refractivity contribution in [1.29, 1.82) is 0 Å². The molecule has 36 heavy (non-hydrogen) atoms. The maximum absolute atomic E-state index is 2.87. The second-order valence-corrected chi connectivity index (χ2v) is 21.4. The Hall–Kier alpha value is -0.346. The van der Waals surface area contributed by atoms with E-state index in [0.717, 1.165) is 0 Å². The van der Waals surface area contributed by atoms with E-state index in [0.29, 0.717) is 0 Å². The van der Waals surface area contributed by atoms with Gasteiger partial charge >= 0.3 is 0 Å². The van der Waals surface area contributed by atoms with E-state index < -0.39 is 16.1 Å². The Bertz CT molecular complexity index is 530. The van der Waals surface area contributed by atoms with E-state index in [4.69, 9.17) is 0 Å². The van der Waals surface area contributed by atoms with E-state index in [2.05, 4.69) is 65.1 Å². The van der Waals surface area contributed by atoms with Gasteiger partial charge in [0, 0.05) is 0 Å². The largest absolute Gasteiger partial charge is 0.0939 e. The van der Waals surface area contributed by atoms with Gasteiger partial charge in [-0.3, -0.25) is 0 Å². The van der Waals surface area contributed by atoms with Crippen LogP contribution in [-0.2, 0) is 0 Å². The minimum Gasteiger partial charge on any atom is -0.0939 e. The Morgan fingerprint density at radius 1 is 0.444 bits per heavy atom. The van der Waals surface area contributed by atoms with Crippen molar-refractivity contribution in [2.45, 2.75) is 181 Å². The fourth-order valence-corrected chi connectivity index (χ4v) is 16.3. The van der Waals surface area contributed by atoms with Crippen molar-refractivity contribution in [3.05, 3.63) is 34.7 Å². The minimum atomic E-state index is -1.31. The van der Waals surface area contributed by atoms with Gasteiger partial charge in [0.1, 0.15) is 0 Å². The van der Waals surface area contributed by atoms with Crippen LogP contribution >= 0.6 is 0 Å². The second kappa shape index (κ2) is 20.6. The predicted molar refractivity (Wildman–Crippen MR) is 174 cm³/mol. The summed E-state index contributed by atoms with van der Waals surface area (Å²) in [4.78, 5) is 0. The lowest BCUT2D eigenvalue weighted by Crippen LogP contribution is -2.32. The van der Waals surface area contributed by atoms with Crippen LogP contribution in [0.2, 0.25) is 36.3 Å². The Labute approximate surface area is 230 Å². The molecule has 210 valence electrons. The normalized spacial score (nSPS) is 15.6. The van der Waals surface area contributed by atoms with Crippen molar-refractivity contribution >= 4 is 16.1 Å². The summed E-state index contributed by atoms with van der Waals surface area (Å²) in [6, 6.07) is 9.16. The second-order valence-electron chi connectivity index (χ2n) is 12.3. The monoisotopic (exact) mass is 530 g/mol. The molecule has 0 N–H and O–H groups in total. The molecule has 1 aliphatic rings. The molecule has 0 fully saturated rings. The zero-order chi connectivity index (χ0) is 26.5. The third-order valence-corrected chi connectivity index (χ3v) is 18.8. The van der Waals surface area contributed by atoms with Crippen molar-refractivity contribution in [3.8, 4) is 0 Å². The maximum Gasteiger partial charge on any atom is 0.0778 e. The van der Waals surface area contributed by atoms with Gasteiger partial charge in [-0.1, -0.05) is 178 Å². The van der Waals surface area contributed by atoms with Crippen molar-refractivity contribution in [2.75, 3.05) is 0 Å². The van der Waals surface area contributed by atoms with Gasteiger partial charge in [-0.15, -0.1) is 0 Å². The zero-order valence-corrected chi connectivity index (χ0v) is 27.9. The number of hydrogen-bond acceptors (Lipinski definition) is 0. The van der Waals surface area contributed by atoms with Crippen LogP contribution in [0.15, 0.2) is 34.7 Å². The number of allylic oxidation sites excluding steroid dienone is 4. The Morgan fingerprint density at radius 2 is 0.694 bits per heavy atom. The smallest absolute Gasteiger partial charge is 0.0778 e. The number of hydrogen-bond donors (Lipinski definition) is 0. The highest BCUT2D eigenvalue weighted by atomic mass is 28.3. The first-order valence-corrected chi connectivity index (χ1v) is 22.0. The van der Waals surface area contributed by atoms with Crippen molar-refractivity contribution in [2.24, 2.45) is 0 Å². The molecule has 1 rings (SSSR count). The summed E-state index contributed by atoms with van der Waals surface area (Å²) in [5.74, 6) is 0. The molecule has 0 radical (unpaired) electrons. The average molecular weight is 531 g/mol. The molecule has 0 saturated carbocycles. The molecule has 0 saturated heterocycles.